The number of hydrogen-bond acceptors (Lipinski definition) is 4. The van der Waals surface area contributed by atoms with Gasteiger partial charge in [0.1, 0.15) is 12.0 Å². The van der Waals surface area contributed by atoms with E-state index in [0.717, 1.165) is 39.2 Å². The van der Waals surface area contributed by atoms with E-state index in [1.54, 1.807) is 25.3 Å². The van der Waals surface area contributed by atoms with Gasteiger partial charge in [-0.15, -0.1) is 0 Å². The molecule has 2 aromatic rings. The molecule has 1 heterocycles. The Hall–Kier alpha value is -2.63. The number of amides is 2. The second kappa shape index (κ2) is 8.25. The Balaban J connectivity index is 2.51. The monoisotopic (exact) mass is 413 g/mol. The molecule has 0 aliphatic heterocycles. The standard InChI is InChI=1S/C24H35N3O3/c1-13(2)24(8,9)27(11)23(29)22(28)26(10)21-16(5)14(3)20(15(4)17(21)6)19-12-30-18(7)25-19/h12-13H,1-11H3. The average molecular weight is 414 g/mol. The number of rotatable bonds is 4. The van der Waals surface area contributed by atoms with Crippen molar-refractivity contribution in [3.05, 3.63) is 34.4 Å². The van der Waals surface area contributed by atoms with Gasteiger partial charge >= 0.3 is 11.8 Å². The summed E-state index contributed by atoms with van der Waals surface area (Å²) in [5.41, 5.74) is 6.06. The third-order valence-electron chi connectivity index (χ3n) is 6.87. The summed E-state index contributed by atoms with van der Waals surface area (Å²) in [4.78, 5) is 33.7. The predicted octanol–water partition coefficient (Wildman–Crippen LogP) is 4.74. The van der Waals surface area contributed by atoms with E-state index < -0.39 is 17.4 Å². The number of hydrogen-bond donors (Lipinski definition) is 0. The van der Waals surface area contributed by atoms with Crippen LogP contribution in [-0.4, -0.2) is 41.3 Å². The number of aromatic nitrogens is 1. The molecule has 0 saturated heterocycles. The predicted molar refractivity (Wildman–Crippen MR) is 121 cm³/mol. The average Bonchev–Trinajstić information content (AvgIpc) is 3.10. The number of carbonyl (C=O) groups is 2. The molecule has 2 rings (SSSR count). The third-order valence-corrected chi connectivity index (χ3v) is 6.87. The van der Waals surface area contributed by atoms with Crippen LogP contribution in [0.1, 0.15) is 55.8 Å². The van der Waals surface area contributed by atoms with Crippen molar-refractivity contribution in [2.24, 2.45) is 5.92 Å². The lowest BCUT2D eigenvalue weighted by Gasteiger charge is -2.39. The number of aryl methyl sites for hydroxylation is 1. The quantitative estimate of drug-likeness (QED) is 0.679. The minimum absolute atomic E-state index is 0.211. The highest BCUT2D eigenvalue weighted by Gasteiger charge is 2.36. The Morgan fingerprint density at radius 1 is 0.933 bits per heavy atom. The molecule has 0 unspecified atom stereocenters. The van der Waals surface area contributed by atoms with Crippen molar-refractivity contribution < 1.29 is 14.0 Å². The third kappa shape index (κ3) is 3.87. The van der Waals surface area contributed by atoms with E-state index >= 15 is 0 Å². The van der Waals surface area contributed by atoms with E-state index in [-0.39, 0.29) is 5.92 Å². The van der Waals surface area contributed by atoms with E-state index in [1.807, 2.05) is 62.3 Å². The van der Waals surface area contributed by atoms with Gasteiger partial charge in [-0.3, -0.25) is 9.59 Å². The number of nitrogens with zero attached hydrogens (tertiary/aromatic N) is 3. The minimum Gasteiger partial charge on any atom is -0.449 e. The van der Waals surface area contributed by atoms with Crippen LogP contribution in [0, 0.1) is 40.5 Å². The lowest BCUT2D eigenvalue weighted by molar-refractivity contribution is -0.147. The molecular weight excluding hydrogens is 378 g/mol. The summed E-state index contributed by atoms with van der Waals surface area (Å²) in [7, 11) is 3.37. The Morgan fingerprint density at radius 2 is 1.43 bits per heavy atom. The van der Waals surface area contributed by atoms with Crippen LogP contribution in [-0.2, 0) is 9.59 Å². The summed E-state index contributed by atoms with van der Waals surface area (Å²) >= 11 is 0. The molecule has 0 bridgehead atoms. The summed E-state index contributed by atoms with van der Waals surface area (Å²) in [5.74, 6) is -0.234. The summed E-state index contributed by atoms with van der Waals surface area (Å²) in [6, 6.07) is 0. The smallest absolute Gasteiger partial charge is 0.316 e. The van der Waals surface area contributed by atoms with E-state index in [0.29, 0.717) is 5.89 Å². The highest BCUT2D eigenvalue weighted by atomic mass is 16.3. The van der Waals surface area contributed by atoms with Gasteiger partial charge in [0.15, 0.2) is 5.89 Å². The molecule has 164 valence electrons. The molecule has 2 amide bonds. The Labute approximate surface area is 180 Å². The fourth-order valence-corrected chi connectivity index (χ4v) is 3.70. The van der Waals surface area contributed by atoms with E-state index in [9.17, 15) is 9.59 Å². The van der Waals surface area contributed by atoms with Crippen LogP contribution in [0.25, 0.3) is 11.3 Å². The van der Waals surface area contributed by atoms with Gasteiger partial charge in [0.25, 0.3) is 0 Å². The summed E-state index contributed by atoms with van der Waals surface area (Å²) < 4.78 is 5.41. The fraction of sp³-hybridized carbons (Fsp3) is 0.542. The van der Waals surface area contributed by atoms with E-state index in [1.165, 1.54) is 4.90 Å². The Bertz CT molecular complexity index is 957. The van der Waals surface area contributed by atoms with Crippen molar-refractivity contribution in [1.29, 1.82) is 0 Å². The molecule has 1 aromatic carbocycles. The lowest BCUT2D eigenvalue weighted by Crippen LogP contribution is -2.53. The van der Waals surface area contributed by atoms with Crippen LogP contribution >= 0.6 is 0 Å². The fourth-order valence-electron chi connectivity index (χ4n) is 3.70. The molecule has 1 aromatic heterocycles. The van der Waals surface area contributed by atoms with Gasteiger partial charge in [-0.25, -0.2) is 4.98 Å². The first-order valence-electron chi connectivity index (χ1n) is 10.3. The van der Waals surface area contributed by atoms with Crippen LogP contribution in [0.2, 0.25) is 0 Å². The van der Waals surface area contributed by atoms with Crippen LogP contribution in [0.5, 0.6) is 0 Å². The first-order valence-corrected chi connectivity index (χ1v) is 10.3. The Morgan fingerprint density at radius 3 is 1.83 bits per heavy atom. The van der Waals surface area contributed by atoms with Gasteiger partial charge in [-0.1, -0.05) is 13.8 Å². The first-order chi connectivity index (χ1) is 13.7. The van der Waals surface area contributed by atoms with Crippen molar-refractivity contribution in [3.63, 3.8) is 0 Å². The number of benzene rings is 1. The van der Waals surface area contributed by atoms with Crippen LogP contribution in [0.4, 0.5) is 5.69 Å². The summed E-state index contributed by atoms with van der Waals surface area (Å²) in [5, 5.41) is 0. The van der Waals surface area contributed by atoms with E-state index in [4.69, 9.17) is 4.42 Å². The molecule has 0 aliphatic rings. The summed E-state index contributed by atoms with van der Waals surface area (Å²) in [6.07, 6.45) is 1.66. The van der Waals surface area contributed by atoms with Crippen LogP contribution in [0.3, 0.4) is 0 Å². The van der Waals surface area contributed by atoms with Gasteiger partial charge in [0.05, 0.1) is 5.69 Å². The van der Waals surface area contributed by atoms with Crippen molar-refractivity contribution in [2.75, 3.05) is 19.0 Å². The van der Waals surface area contributed by atoms with Crippen molar-refractivity contribution in [1.82, 2.24) is 9.88 Å². The summed E-state index contributed by atoms with van der Waals surface area (Å²) in [6.45, 7) is 17.8. The number of oxazole rings is 1. The van der Waals surface area contributed by atoms with Crippen molar-refractivity contribution in [2.45, 2.75) is 67.9 Å². The van der Waals surface area contributed by atoms with Crippen molar-refractivity contribution in [3.8, 4) is 11.3 Å². The van der Waals surface area contributed by atoms with Crippen LogP contribution < -0.4 is 4.90 Å². The number of anilines is 1. The second-order valence-corrected chi connectivity index (χ2v) is 9.01. The molecule has 6 nitrogen and oxygen atoms in total. The topological polar surface area (TPSA) is 66.7 Å². The molecule has 0 spiro atoms. The van der Waals surface area contributed by atoms with Crippen LogP contribution in [0.15, 0.2) is 10.7 Å². The molecule has 0 saturated carbocycles. The molecule has 6 heteroatoms. The van der Waals surface area contributed by atoms with Gasteiger partial charge in [-0.2, -0.15) is 0 Å². The number of carbonyl (C=O) groups excluding carboxylic acids is 2. The highest BCUT2D eigenvalue weighted by molar-refractivity contribution is 6.40. The maximum Gasteiger partial charge on any atom is 0.316 e. The zero-order valence-corrected chi connectivity index (χ0v) is 20.2. The molecule has 30 heavy (non-hydrogen) atoms. The zero-order valence-electron chi connectivity index (χ0n) is 20.2. The van der Waals surface area contributed by atoms with Crippen molar-refractivity contribution >= 4 is 17.5 Å². The highest BCUT2D eigenvalue weighted by Crippen LogP contribution is 2.38. The molecule has 0 N–H and O–H groups in total. The molecule has 0 radical (unpaired) electrons. The molecule has 0 aliphatic carbocycles. The van der Waals surface area contributed by atoms with E-state index in [2.05, 4.69) is 4.98 Å². The lowest BCUT2D eigenvalue weighted by atomic mass is 9.88. The zero-order chi connectivity index (χ0) is 23.1. The molecule has 0 fully saturated rings. The molecular formula is C24H35N3O3. The maximum absolute atomic E-state index is 13.1. The molecule has 0 atom stereocenters. The first kappa shape index (κ1) is 23.6. The largest absolute Gasteiger partial charge is 0.449 e. The Kier molecular flexibility index (Phi) is 6.50. The normalized spacial score (nSPS) is 11.7. The SMILES string of the molecule is Cc1nc(-c2c(C)c(C)c(N(C)C(=O)C(=O)N(C)C(C)(C)C(C)C)c(C)c2C)co1. The van der Waals surface area contributed by atoms with Gasteiger partial charge in [0.2, 0.25) is 0 Å². The second-order valence-electron chi connectivity index (χ2n) is 9.01. The minimum atomic E-state index is -0.541. The van der Waals surface area contributed by atoms with Gasteiger partial charge in [0, 0.05) is 32.1 Å². The van der Waals surface area contributed by atoms with Gasteiger partial charge < -0.3 is 14.2 Å². The number of likely N-dealkylation sites (N-methyl/N-ethyl adjacent to an activating group) is 2. The maximum atomic E-state index is 13.1. The van der Waals surface area contributed by atoms with Gasteiger partial charge in [-0.05, 0) is 69.7 Å².